The maximum atomic E-state index is 13.5. The van der Waals surface area contributed by atoms with Gasteiger partial charge in [-0.05, 0) is 82.1 Å². The average molecular weight is 417 g/mol. The van der Waals surface area contributed by atoms with Gasteiger partial charge < -0.3 is 10.0 Å². The van der Waals surface area contributed by atoms with Gasteiger partial charge in [-0.15, -0.1) is 0 Å². The third-order valence-corrected chi connectivity index (χ3v) is 7.70. The van der Waals surface area contributed by atoms with Gasteiger partial charge in [0.05, 0.1) is 16.9 Å². The van der Waals surface area contributed by atoms with Crippen molar-refractivity contribution in [3.63, 3.8) is 0 Å². The molecule has 1 saturated heterocycles. The van der Waals surface area contributed by atoms with Gasteiger partial charge in [0.15, 0.2) is 0 Å². The van der Waals surface area contributed by atoms with Gasteiger partial charge in [-0.1, -0.05) is 0 Å². The molecule has 5 rings (SSSR count). The molecule has 1 aromatic carbocycles. The van der Waals surface area contributed by atoms with E-state index in [2.05, 4.69) is 16.5 Å². The Kier molecular flexibility index (Phi) is 4.66. The molecule has 3 aliphatic rings. The van der Waals surface area contributed by atoms with Gasteiger partial charge in [0.25, 0.3) is 5.56 Å². The van der Waals surface area contributed by atoms with Gasteiger partial charge in [-0.25, -0.2) is 9.52 Å². The first-order chi connectivity index (χ1) is 13.9. The zero-order chi connectivity index (χ0) is 20.3. The van der Waals surface area contributed by atoms with E-state index in [9.17, 15) is 14.7 Å². The maximum absolute atomic E-state index is 13.5. The number of aromatic nitrogens is 2. The van der Waals surface area contributed by atoms with Gasteiger partial charge in [0.2, 0.25) is 0 Å². The summed E-state index contributed by atoms with van der Waals surface area (Å²) in [5.74, 6) is 0.533. The molecule has 0 radical (unpaired) electrons. The zero-order valence-electron chi connectivity index (χ0n) is 16.9. The molecule has 0 spiro atoms. The normalized spacial score (nSPS) is 26.3. The Bertz CT molecular complexity index is 1070. The van der Waals surface area contributed by atoms with Crippen LogP contribution >= 0.6 is 11.9 Å². The monoisotopic (exact) mass is 416 g/mol. The predicted octanol–water partition coefficient (Wildman–Crippen LogP) is 1.92. The highest BCUT2D eigenvalue weighted by Gasteiger charge is 2.40. The summed E-state index contributed by atoms with van der Waals surface area (Å²) in [5.41, 5.74) is -0.435. The number of nitrogens with one attached hydrogen (secondary N) is 1. The van der Waals surface area contributed by atoms with Crippen molar-refractivity contribution in [3.05, 3.63) is 39.0 Å². The van der Waals surface area contributed by atoms with Crippen LogP contribution in [0.1, 0.15) is 45.1 Å². The van der Waals surface area contributed by atoms with E-state index in [1.165, 1.54) is 16.5 Å². The average Bonchev–Trinajstić information content (AvgIpc) is 3.63. The van der Waals surface area contributed by atoms with E-state index in [4.69, 9.17) is 0 Å². The summed E-state index contributed by atoms with van der Waals surface area (Å²) in [4.78, 5) is 30.0. The summed E-state index contributed by atoms with van der Waals surface area (Å²) in [6.45, 7) is 3.65. The molecule has 29 heavy (non-hydrogen) atoms. The van der Waals surface area contributed by atoms with Crippen LogP contribution in [-0.2, 0) is 6.54 Å². The van der Waals surface area contributed by atoms with E-state index < -0.39 is 5.72 Å². The highest BCUT2D eigenvalue weighted by molar-refractivity contribution is 7.97. The molecular weight excluding hydrogens is 388 g/mol. The van der Waals surface area contributed by atoms with Crippen LogP contribution in [0.25, 0.3) is 10.9 Å². The Morgan fingerprint density at radius 3 is 2.62 bits per heavy atom. The number of aliphatic hydroxyl groups is 1. The summed E-state index contributed by atoms with van der Waals surface area (Å²) >= 11 is 1.34. The van der Waals surface area contributed by atoms with Gasteiger partial charge in [-0.2, -0.15) is 0 Å². The van der Waals surface area contributed by atoms with Crippen LogP contribution < -0.4 is 16.0 Å². The topological polar surface area (TPSA) is 79.5 Å². The number of rotatable bonds is 6. The van der Waals surface area contributed by atoms with Crippen molar-refractivity contribution < 1.29 is 5.11 Å². The van der Waals surface area contributed by atoms with Crippen LogP contribution in [0.4, 0.5) is 0 Å². The zero-order valence-corrected chi connectivity index (χ0v) is 17.7. The molecule has 2 saturated carbocycles. The standard InChI is InChI=1S/C21H28N4O3S/c1-13-17(7-10-23(13)2)25-19(26)16-11-15(29-22-21(28)8-9-21)5-6-18(16)24(20(25)27)12-14-3-4-14/h5-6,11,13-14,17,22,28H,3-4,7-10,12H2,1-2H3. The molecule has 1 aliphatic heterocycles. The van der Waals surface area contributed by atoms with Crippen LogP contribution in [-0.4, -0.2) is 44.5 Å². The number of benzene rings is 1. The fraction of sp³-hybridized carbons (Fsp3) is 0.619. The van der Waals surface area contributed by atoms with E-state index in [0.29, 0.717) is 17.8 Å². The second-order valence-electron chi connectivity index (χ2n) is 9.00. The van der Waals surface area contributed by atoms with Crippen LogP contribution in [0.15, 0.2) is 32.7 Å². The molecule has 3 fully saturated rings. The first kappa shape index (κ1) is 19.4. The lowest BCUT2D eigenvalue weighted by Crippen LogP contribution is -2.45. The SMILES string of the molecule is CC1C(n2c(=O)c3cc(SNC4(O)CC4)ccc3n(CC3CC3)c2=O)CCN1C. The smallest absolute Gasteiger partial charge is 0.331 e. The molecule has 7 nitrogen and oxygen atoms in total. The summed E-state index contributed by atoms with van der Waals surface area (Å²) in [5, 5.41) is 10.6. The second kappa shape index (κ2) is 6.97. The van der Waals surface area contributed by atoms with Crippen molar-refractivity contribution in [3.8, 4) is 0 Å². The lowest BCUT2D eigenvalue weighted by molar-refractivity contribution is 0.142. The molecule has 8 heteroatoms. The Balaban J connectivity index is 1.62. The molecule has 2 aliphatic carbocycles. The minimum absolute atomic E-state index is 0.100. The number of fused-ring (bicyclic) bond motifs is 1. The number of nitrogens with zero attached hydrogens (tertiary/aromatic N) is 3. The fourth-order valence-corrected chi connectivity index (χ4v) is 5.08. The molecule has 1 aromatic heterocycles. The molecule has 2 heterocycles. The van der Waals surface area contributed by atoms with Crippen LogP contribution in [0.5, 0.6) is 0 Å². The molecule has 156 valence electrons. The fourth-order valence-electron chi connectivity index (χ4n) is 4.26. The number of hydrogen-bond donors (Lipinski definition) is 2. The van der Waals surface area contributed by atoms with E-state index in [0.717, 1.165) is 49.1 Å². The van der Waals surface area contributed by atoms with E-state index in [1.54, 1.807) is 0 Å². The summed E-state index contributed by atoms with van der Waals surface area (Å²) in [6, 6.07) is 5.72. The number of likely N-dealkylation sites (tertiary alicyclic amines) is 1. The third kappa shape index (κ3) is 3.56. The molecule has 2 aromatic rings. The molecular formula is C21H28N4O3S. The summed E-state index contributed by atoms with van der Waals surface area (Å²) < 4.78 is 6.40. The first-order valence-electron chi connectivity index (χ1n) is 10.5. The first-order valence-corrected chi connectivity index (χ1v) is 11.3. The summed E-state index contributed by atoms with van der Waals surface area (Å²) in [7, 11) is 2.04. The van der Waals surface area contributed by atoms with Crippen molar-refractivity contribution in [2.24, 2.45) is 5.92 Å². The Morgan fingerprint density at radius 1 is 1.24 bits per heavy atom. The van der Waals surface area contributed by atoms with Gasteiger partial charge in [-0.3, -0.25) is 13.9 Å². The summed E-state index contributed by atoms with van der Waals surface area (Å²) in [6.07, 6.45) is 4.59. The van der Waals surface area contributed by atoms with E-state index in [1.807, 2.05) is 29.8 Å². The molecule has 0 amide bonds. The van der Waals surface area contributed by atoms with E-state index >= 15 is 0 Å². The highest BCUT2D eigenvalue weighted by atomic mass is 32.2. The van der Waals surface area contributed by atoms with Crippen molar-refractivity contribution in [1.82, 2.24) is 18.8 Å². The van der Waals surface area contributed by atoms with Crippen molar-refractivity contribution in [2.75, 3.05) is 13.6 Å². The largest absolute Gasteiger partial charge is 0.375 e. The Labute approximate surface area is 173 Å². The Hall–Kier alpha value is -1.61. The van der Waals surface area contributed by atoms with Crippen molar-refractivity contribution >= 4 is 22.9 Å². The molecule has 2 unspecified atom stereocenters. The third-order valence-electron chi connectivity index (χ3n) is 6.73. The van der Waals surface area contributed by atoms with Crippen molar-refractivity contribution in [1.29, 1.82) is 0 Å². The van der Waals surface area contributed by atoms with Crippen LogP contribution in [0.2, 0.25) is 0 Å². The molecule has 0 bridgehead atoms. The molecule has 2 N–H and O–H groups in total. The van der Waals surface area contributed by atoms with Gasteiger partial charge in [0.1, 0.15) is 5.72 Å². The Morgan fingerprint density at radius 2 is 2.00 bits per heavy atom. The minimum atomic E-state index is -0.783. The molecule has 2 atom stereocenters. The number of hydrogen-bond acceptors (Lipinski definition) is 6. The quantitative estimate of drug-likeness (QED) is 0.553. The lowest BCUT2D eigenvalue weighted by atomic mass is 10.1. The number of likely N-dealkylation sites (N-methyl/N-ethyl adjacent to an activating group) is 1. The highest BCUT2D eigenvalue weighted by Crippen LogP contribution is 2.36. The van der Waals surface area contributed by atoms with Gasteiger partial charge in [0, 0.05) is 24.0 Å². The van der Waals surface area contributed by atoms with Crippen molar-refractivity contribution in [2.45, 2.75) is 68.3 Å². The van der Waals surface area contributed by atoms with E-state index in [-0.39, 0.29) is 23.3 Å². The lowest BCUT2D eigenvalue weighted by Gasteiger charge is -2.23. The predicted molar refractivity (Wildman–Crippen MR) is 114 cm³/mol. The maximum Gasteiger partial charge on any atom is 0.331 e. The van der Waals surface area contributed by atoms with Crippen LogP contribution in [0.3, 0.4) is 0 Å². The van der Waals surface area contributed by atoms with Crippen LogP contribution in [0, 0.1) is 5.92 Å². The van der Waals surface area contributed by atoms with Gasteiger partial charge >= 0.3 is 5.69 Å². The minimum Gasteiger partial charge on any atom is -0.375 e. The second-order valence-corrected chi connectivity index (χ2v) is 9.88.